The molecule has 1 atom stereocenters. The van der Waals surface area contributed by atoms with E-state index in [2.05, 4.69) is 9.62 Å². The lowest BCUT2D eigenvalue weighted by Gasteiger charge is -2.35. The number of nitrogens with zero attached hydrogens (tertiary/aromatic N) is 1. The summed E-state index contributed by atoms with van der Waals surface area (Å²) in [6.07, 6.45) is 0.874. The van der Waals surface area contributed by atoms with E-state index in [4.69, 9.17) is 16.3 Å². The average molecular weight is 409 g/mol. The molecular formula is C20H25ClN2O3S. The lowest BCUT2D eigenvalue weighted by Crippen LogP contribution is -2.43. The maximum absolute atomic E-state index is 12.7. The maximum Gasteiger partial charge on any atom is 0.240 e. The van der Waals surface area contributed by atoms with Gasteiger partial charge in [0.05, 0.1) is 18.1 Å². The van der Waals surface area contributed by atoms with E-state index < -0.39 is 10.0 Å². The molecule has 7 heteroatoms. The Morgan fingerprint density at radius 3 is 2.41 bits per heavy atom. The van der Waals surface area contributed by atoms with Gasteiger partial charge >= 0.3 is 0 Å². The normalized spacial score (nSPS) is 17.0. The number of sulfonamides is 1. The van der Waals surface area contributed by atoms with Crippen LogP contribution >= 0.6 is 11.6 Å². The lowest BCUT2D eigenvalue weighted by atomic mass is 10.0. The molecule has 2 aromatic rings. The Kier molecular flexibility index (Phi) is 6.89. The summed E-state index contributed by atoms with van der Waals surface area (Å²) in [5, 5.41) is 0.639. The van der Waals surface area contributed by atoms with E-state index in [1.165, 1.54) is 0 Å². The predicted molar refractivity (Wildman–Crippen MR) is 108 cm³/mol. The Hall–Kier alpha value is -1.44. The number of hydrogen-bond donors (Lipinski definition) is 1. The number of nitrogens with one attached hydrogen (secondary N) is 1. The fourth-order valence-electron chi connectivity index (χ4n) is 3.25. The van der Waals surface area contributed by atoms with Gasteiger partial charge in [-0.25, -0.2) is 13.1 Å². The van der Waals surface area contributed by atoms with Gasteiger partial charge in [-0.05, 0) is 35.7 Å². The predicted octanol–water partition coefficient (Wildman–Crippen LogP) is 3.25. The second kappa shape index (κ2) is 9.17. The third-order valence-electron chi connectivity index (χ3n) is 4.86. The zero-order valence-electron chi connectivity index (χ0n) is 15.4. The molecule has 1 saturated heterocycles. The van der Waals surface area contributed by atoms with Gasteiger partial charge in [-0.1, -0.05) is 48.9 Å². The van der Waals surface area contributed by atoms with Crippen LogP contribution in [0.4, 0.5) is 0 Å². The van der Waals surface area contributed by atoms with Crippen molar-refractivity contribution < 1.29 is 13.2 Å². The SMILES string of the molecule is CCc1ccc(S(=O)(=O)NCC(c2ccccc2Cl)N2CCOCC2)cc1. The average Bonchev–Trinajstić information content (AvgIpc) is 2.70. The molecule has 1 fully saturated rings. The highest BCUT2D eigenvalue weighted by molar-refractivity contribution is 7.89. The van der Waals surface area contributed by atoms with Crippen LogP contribution in [0.1, 0.15) is 24.1 Å². The largest absolute Gasteiger partial charge is 0.379 e. The van der Waals surface area contributed by atoms with E-state index >= 15 is 0 Å². The summed E-state index contributed by atoms with van der Waals surface area (Å²) in [7, 11) is -3.59. The highest BCUT2D eigenvalue weighted by Crippen LogP contribution is 2.28. The summed E-state index contributed by atoms with van der Waals surface area (Å²) in [4.78, 5) is 2.49. The molecule has 0 bridgehead atoms. The van der Waals surface area contributed by atoms with E-state index in [-0.39, 0.29) is 17.5 Å². The number of rotatable bonds is 7. The summed E-state index contributed by atoms with van der Waals surface area (Å²) in [5.74, 6) is 0. The molecule has 1 N–H and O–H groups in total. The van der Waals surface area contributed by atoms with Crippen molar-refractivity contribution in [1.82, 2.24) is 9.62 Å². The number of hydrogen-bond acceptors (Lipinski definition) is 4. The number of ether oxygens (including phenoxy) is 1. The Balaban J connectivity index is 1.80. The quantitative estimate of drug-likeness (QED) is 0.764. The lowest BCUT2D eigenvalue weighted by molar-refractivity contribution is 0.0172. The molecular weight excluding hydrogens is 384 g/mol. The van der Waals surface area contributed by atoms with E-state index in [0.717, 1.165) is 30.6 Å². The van der Waals surface area contributed by atoms with Crippen molar-refractivity contribution in [2.45, 2.75) is 24.3 Å². The topological polar surface area (TPSA) is 58.6 Å². The summed E-state index contributed by atoms with van der Waals surface area (Å²) in [6.45, 7) is 5.03. The van der Waals surface area contributed by atoms with E-state index in [1.807, 2.05) is 43.3 Å². The Bertz CT molecular complexity index is 850. The summed E-state index contributed by atoms with van der Waals surface area (Å²) < 4.78 is 33.7. The van der Waals surface area contributed by atoms with E-state index in [0.29, 0.717) is 18.2 Å². The minimum atomic E-state index is -3.59. The zero-order valence-corrected chi connectivity index (χ0v) is 17.0. The smallest absolute Gasteiger partial charge is 0.240 e. The number of aryl methyl sites for hydroxylation is 1. The van der Waals surface area contributed by atoms with Gasteiger partial charge in [0.15, 0.2) is 0 Å². The standard InChI is InChI=1S/C20H25ClN2O3S/c1-2-16-7-9-17(10-8-16)27(24,25)22-15-20(23-11-13-26-14-12-23)18-5-3-4-6-19(18)21/h3-10,20,22H,2,11-15H2,1H3. The molecule has 0 radical (unpaired) electrons. The Morgan fingerprint density at radius 2 is 1.78 bits per heavy atom. The second-order valence-electron chi connectivity index (χ2n) is 6.54. The molecule has 2 aromatic carbocycles. The van der Waals surface area contributed by atoms with Crippen LogP contribution in [0.15, 0.2) is 53.4 Å². The van der Waals surface area contributed by atoms with Gasteiger partial charge in [-0.15, -0.1) is 0 Å². The van der Waals surface area contributed by atoms with Crippen LogP contribution in [-0.2, 0) is 21.2 Å². The van der Waals surface area contributed by atoms with Gasteiger partial charge in [0, 0.05) is 30.7 Å². The minimum Gasteiger partial charge on any atom is -0.379 e. The van der Waals surface area contributed by atoms with Gasteiger partial charge in [0.25, 0.3) is 0 Å². The number of halogens is 1. The molecule has 146 valence electrons. The van der Waals surface area contributed by atoms with Gasteiger partial charge < -0.3 is 4.74 Å². The molecule has 0 spiro atoms. The first-order chi connectivity index (χ1) is 13.0. The van der Waals surface area contributed by atoms with Crippen molar-refractivity contribution in [2.75, 3.05) is 32.8 Å². The second-order valence-corrected chi connectivity index (χ2v) is 8.71. The van der Waals surface area contributed by atoms with Crippen LogP contribution < -0.4 is 4.72 Å². The molecule has 3 rings (SSSR count). The Labute approximate surface area is 166 Å². The summed E-state index contributed by atoms with van der Waals surface area (Å²) in [6, 6.07) is 14.4. The first-order valence-electron chi connectivity index (χ1n) is 9.16. The van der Waals surface area contributed by atoms with E-state index in [9.17, 15) is 8.42 Å². The molecule has 0 aliphatic carbocycles. The fraction of sp³-hybridized carbons (Fsp3) is 0.400. The van der Waals surface area contributed by atoms with Crippen molar-refractivity contribution >= 4 is 21.6 Å². The van der Waals surface area contributed by atoms with Crippen LogP contribution in [0.25, 0.3) is 0 Å². The molecule has 27 heavy (non-hydrogen) atoms. The third-order valence-corrected chi connectivity index (χ3v) is 6.64. The monoisotopic (exact) mass is 408 g/mol. The molecule has 1 heterocycles. The Morgan fingerprint density at radius 1 is 1.11 bits per heavy atom. The third kappa shape index (κ3) is 5.09. The van der Waals surface area contributed by atoms with Gasteiger partial charge in [-0.3, -0.25) is 4.90 Å². The summed E-state index contributed by atoms with van der Waals surface area (Å²) >= 11 is 6.40. The van der Waals surface area contributed by atoms with Crippen molar-refractivity contribution in [2.24, 2.45) is 0 Å². The number of morpholine rings is 1. The number of benzene rings is 2. The highest BCUT2D eigenvalue weighted by atomic mass is 35.5. The molecule has 0 amide bonds. The van der Waals surface area contributed by atoms with Crippen molar-refractivity contribution in [3.8, 4) is 0 Å². The molecule has 1 unspecified atom stereocenters. The fourth-order valence-corrected chi connectivity index (χ4v) is 4.55. The molecule has 0 aromatic heterocycles. The molecule has 5 nitrogen and oxygen atoms in total. The van der Waals surface area contributed by atoms with Crippen LogP contribution in [0.2, 0.25) is 5.02 Å². The van der Waals surface area contributed by atoms with Crippen LogP contribution in [-0.4, -0.2) is 46.2 Å². The minimum absolute atomic E-state index is 0.146. The molecule has 0 saturated carbocycles. The highest BCUT2D eigenvalue weighted by Gasteiger charge is 2.26. The molecule has 1 aliphatic rings. The maximum atomic E-state index is 12.7. The van der Waals surface area contributed by atoms with Crippen molar-refractivity contribution in [3.63, 3.8) is 0 Å². The van der Waals surface area contributed by atoms with Crippen LogP contribution in [0.5, 0.6) is 0 Å². The van der Waals surface area contributed by atoms with Crippen molar-refractivity contribution in [1.29, 1.82) is 0 Å². The summed E-state index contributed by atoms with van der Waals surface area (Å²) in [5.41, 5.74) is 2.03. The first-order valence-corrected chi connectivity index (χ1v) is 11.0. The first kappa shape index (κ1) is 20.3. The molecule has 1 aliphatic heterocycles. The van der Waals surface area contributed by atoms with Gasteiger partial charge in [-0.2, -0.15) is 0 Å². The van der Waals surface area contributed by atoms with Gasteiger partial charge in [0.1, 0.15) is 0 Å². The zero-order chi connectivity index (χ0) is 19.3. The van der Waals surface area contributed by atoms with E-state index in [1.54, 1.807) is 12.1 Å². The van der Waals surface area contributed by atoms with Crippen LogP contribution in [0, 0.1) is 0 Å². The van der Waals surface area contributed by atoms with Crippen molar-refractivity contribution in [3.05, 3.63) is 64.7 Å². The van der Waals surface area contributed by atoms with Crippen LogP contribution in [0.3, 0.4) is 0 Å². The van der Waals surface area contributed by atoms with Gasteiger partial charge in [0.2, 0.25) is 10.0 Å².